The number of alkyl halides is 1. The Labute approximate surface area is 219 Å². The Balaban J connectivity index is 1.40. The van der Waals surface area contributed by atoms with Crippen molar-refractivity contribution in [2.24, 2.45) is 0 Å². The van der Waals surface area contributed by atoms with Crippen molar-refractivity contribution >= 4 is 17.7 Å². The van der Waals surface area contributed by atoms with Crippen molar-refractivity contribution in [3.05, 3.63) is 59.2 Å². The molecule has 0 aromatic heterocycles. The third-order valence-corrected chi connectivity index (χ3v) is 6.56. The highest BCUT2D eigenvalue weighted by molar-refractivity contribution is 5.94. The number of nitrogens with zero attached hydrogens (tertiary/aromatic N) is 2. The van der Waals surface area contributed by atoms with Gasteiger partial charge in [0.2, 0.25) is 0 Å². The SMILES string of the molecule is Cc1ccc(C(=O)N2CCC(F)(CNCCOc3cccc(N(C)C(=O)OC(C)(C)C)c3)CC2)cc1C. The van der Waals surface area contributed by atoms with Crippen LogP contribution in [0.15, 0.2) is 42.5 Å². The molecule has 1 saturated heterocycles. The molecule has 0 atom stereocenters. The first-order valence-corrected chi connectivity index (χ1v) is 12.8. The maximum atomic E-state index is 15.3. The monoisotopic (exact) mass is 513 g/mol. The molecule has 0 radical (unpaired) electrons. The number of rotatable bonds is 8. The summed E-state index contributed by atoms with van der Waals surface area (Å²) in [4.78, 5) is 28.3. The van der Waals surface area contributed by atoms with Gasteiger partial charge in [-0.2, -0.15) is 0 Å². The van der Waals surface area contributed by atoms with Gasteiger partial charge in [0.25, 0.3) is 5.91 Å². The summed E-state index contributed by atoms with van der Waals surface area (Å²) in [5.41, 5.74) is 1.61. The van der Waals surface area contributed by atoms with Gasteiger partial charge in [0.05, 0.1) is 5.69 Å². The van der Waals surface area contributed by atoms with Crippen LogP contribution < -0.4 is 15.0 Å². The first kappa shape index (κ1) is 28.4. The topological polar surface area (TPSA) is 71.1 Å². The number of hydrogen-bond acceptors (Lipinski definition) is 5. The molecule has 2 amide bonds. The van der Waals surface area contributed by atoms with E-state index < -0.39 is 17.4 Å². The molecule has 37 heavy (non-hydrogen) atoms. The zero-order valence-electron chi connectivity index (χ0n) is 22.9. The van der Waals surface area contributed by atoms with Crippen LogP contribution in [0.4, 0.5) is 14.9 Å². The molecule has 1 fully saturated rings. The number of carbonyl (C=O) groups is 2. The minimum absolute atomic E-state index is 0.0361. The van der Waals surface area contributed by atoms with Gasteiger partial charge in [0.15, 0.2) is 0 Å². The molecule has 0 bridgehead atoms. The number of amides is 2. The van der Waals surface area contributed by atoms with Crippen molar-refractivity contribution in [1.29, 1.82) is 0 Å². The number of carbonyl (C=O) groups excluding carboxylic acids is 2. The van der Waals surface area contributed by atoms with E-state index in [9.17, 15) is 9.59 Å². The van der Waals surface area contributed by atoms with Crippen molar-refractivity contribution < 1.29 is 23.5 Å². The van der Waals surface area contributed by atoms with Crippen LogP contribution in [0.1, 0.15) is 55.1 Å². The molecule has 0 aliphatic carbocycles. The third kappa shape index (κ3) is 8.18. The average molecular weight is 514 g/mol. The largest absolute Gasteiger partial charge is 0.492 e. The van der Waals surface area contributed by atoms with Crippen molar-refractivity contribution in [2.75, 3.05) is 44.7 Å². The molecule has 2 aromatic carbocycles. The summed E-state index contributed by atoms with van der Waals surface area (Å²) >= 11 is 0. The molecular weight excluding hydrogens is 473 g/mol. The molecule has 1 aliphatic heterocycles. The molecule has 202 valence electrons. The van der Waals surface area contributed by atoms with Gasteiger partial charge in [-0.15, -0.1) is 0 Å². The maximum Gasteiger partial charge on any atom is 0.414 e. The van der Waals surface area contributed by atoms with Gasteiger partial charge in [0.1, 0.15) is 23.6 Å². The van der Waals surface area contributed by atoms with E-state index in [2.05, 4.69) is 5.32 Å². The first-order chi connectivity index (χ1) is 17.4. The average Bonchev–Trinajstić information content (AvgIpc) is 2.84. The Hall–Kier alpha value is -3.13. The fourth-order valence-electron chi connectivity index (χ4n) is 4.12. The number of halogens is 1. The third-order valence-electron chi connectivity index (χ3n) is 6.56. The highest BCUT2D eigenvalue weighted by Gasteiger charge is 2.35. The van der Waals surface area contributed by atoms with Gasteiger partial charge in [-0.3, -0.25) is 9.69 Å². The molecule has 1 N–H and O–H groups in total. The quantitative estimate of drug-likeness (QED) is 0.486. The number of anilines is 1. The number of ether oxygens (including phenoxy) is 2. The lowest BCUT2D eigenvalue weighted by atomic mass is 9.92. The second-order valence-electron chi connectivity index (χ2n) is 10.8. The summed E-state index contributed by atoms with van der Waals surface area (Å²) in [5.74, 6) is 0.578. The van der Waals surface area contributed by atoms with Gasteiger partial charge in [-0.1, -0.05) is 12.1 Å². The number of aryl methyl sites for hydroxylation is 2. The van der Waals surface area contributed by atoms with Crippen molar-refractivity contribution in [1.82, 2.24) is 10.2 Å². The number of benzene rings is 2. The summed E-state index contributed by atoms with van der Waals surface area (Å²) in [7, 11) is 1.65. The van der Waals surface area contributed by atoms with Gasteiger partial charge >= 0.3 is 6.09 Å². The summed E-state index contributed by atoms with van der Waals surface area (Å²) in [6.45, 7) is 11.3. The van der Waals surface area contributed by atoms with Crippen LogP contribution in [0.25, 0.3) is 0 Å². The van der Waals surface area contributed by atoms with Crippen LogP contribution in [-0.2, 0) is 4.74 Å². The standard InChI is InChI=1S/C29H40FN3O4/c1-21-10-11-23(18-22(21)2)26(34)33-15-12-29(30,13-16-33)20-31-14-17-36-25-9-7-8-24(19-25)32(6)27(35)37-28(3,4)5/h7-11,18-19,31H,12-17,20H2,1-6H3. The lowest BCUT2D eigenvalue weighted by Gasteiger charge is -2.36. The molecule has 3 rings (SSSR count). The fraction of sp³-hybridized carbons (Fsp3) is 0.517. The molecule has 0 saturated carbocycles. The number of likely N-dealkylation sites (tertiary alicyclic amines) is 1. The second-order valence-corrected chi connectivity index (χ2v) is 10.8. The fourth-order valence-corrected chi connectivity index (χ4v) is 4.12. The lowest BCUT2D eigenvalue weighted by Crippen LogP contribution is -2.49. The zero-order chi connectivity index (χ0) is 27.2. The predicted molar refractivity (Wildman–Crippen MR) is 144 cm³/mol. The Morgan fingerprint density at radius 3 is 2.43 bits per heavy atom. The highest BCUT2D eigenvalue weighted by atomic mass is 19.1. The lowest BCUT2D eigenvalue weighted by molar-refractivity contribution is 0.0433. The smallest absolute Gasteiger partial charge is 0.414 e. The van der Waals surface area contributed by atoms with Crippen LogP contribution in [0.3, 0.4) is 0 Å². The van der Waals surface area contributed by atoms with Crippen LogP contribution in [-0.4, -0.2) is 68.0 Å². The molecule has 0 unspecified atom stereocenters. The highest BCUT2D eigenvalue weighted by Crippen LogP contribution is 2.27. The van der Waals surface area contributed by atoms with Crippen LogP contribution in [0.5, 0.6) is 5.75 Å². The summed E-state index contributed by atoms with van der Waals surface area (Å²) in [6, 6.07) is 12.9. The minimum Gasteiger partial charge on any atom is -0.492 e. The van der Waals surface area contributed by atoms with Gasteiger partial charge in [-0.25, -0.2) is 9.18 Å². The van der Waals surface area contributed by atoms with Gasteiger partial charge < -0.3 is 19.7 Å². The van der Waals surface area contributed by atoms with E-state index in [4.69, 9.17) is 9.47 Å². The van der Waals surface area contributed by atoms with Crippen molar-refractivity contribution in [2.45, 2.75) is 58.7 Å². The maximum absolute atomic E-state index is 15.3. The zero-order valence-corrected chi connectivity index (χ0v) is 22.9. The molecule has 0 spiro atoms. The molecule has 2 aromatic rings. The van der Waals surface area contributed by atoms with Crippen LogP contribution >= 0.6 is 0 Å². The van der Waals surface area contributed by atoms with Gasteiger partial charge in [-0.05, 0) is 70.0 Å². The molecule has 7 nitrogen and oxygen atoms in total. The molecule has 1 heterocycles. The van der Waals surface area contributed by atoms with Crippen molar-refractivity contribution in [3.63, 3.8) is 0 Å². The molecular formula is C29H40FN3O4. The van der Waals surface area contributed by atoms with E-state index in [-0.39, 0.29) is 12.5 Å². The summed E-state index contributed by atoms with van der Waals surface area (Å²) < 4.78 is 26.5. The van der Waals surface area contributed by atoms with E-state index in [1.807, 2.05) is 65.0 Å². The first-order valence-electron chi connectivity index (χ1n) is 12.8. The molecule has 1 aliphatic rings. The van der Waals surface area contributed by atoms with E-state index in [0.717, 1.165) is 11.1 Å². The number of nitrogens with one attached hydrogen (secondary N) is 1. The van der Waals surface area contributed by atoms with E-state index in [1.54, 1.807) is 24.1 Å². The van der Waals surface area contributed by atoms with Crippen molar-refractivity contribution in [3.8, 4) is 5.75 Å². The summed E-state index contributed by atoms with van der Waals surface area (Å²) in [6.07, 6.45) is 0.161. The Morgan fingerprint density at radius 1 is 1.08 bits per heavy atom. The Morgan fingerprint density at radius 2 is 1.78 bits per heavy atom. The van der Waals surface area contributed by atoms with E-state index >= 15 is 4.39 Å². The van der Waals surface area contributed by atoms with Gasteiger partial charge in [0, 0.05) is 57.7 Å². The Kier molecular flexibility index (Phi) is 9.18. The minimum atomic E-state index is -1.35. The summed E-state index contributed by atoms with van der Waals surface area (Å²) in [5, 5.41) is 3.15. The predicted octanol–water partition coefficient (Wildman–Crippen LogP) is 5.29. The van der Waals surface area contributed by atoms with E-state index in [1.165, 1.54) is 4.90 Å². The molecule has 8 heteroatoms. The number of piperidine rings is 1. The second kappa shape index (κ2) is 11.9. The van der Waals surface area contributed by atoms with Crippen LogP contribution in [0, 0.1) is 13.8 Å². The van der Waals surface area contributed by atoms with E-state index in [0.29, 0.717) is 56.1 Å². The number of hydrogen-bond donors (Lipinski definition) is 1. The normalized spacial score (nSPS) is 15.3. The van der Waals surface area contributed by atoms with Crippen LogP contribution in [0.2, 0.25) is 0 Å². The Bertz CT molecular complexity index is 1090.